The summed E-state index contributed by atoms with van der Waals surface area (Å²) in [6.07, 6.45) is 2.05. The van der Waals surface area contributed by atoms with Gasteiger partial charge in [-0.25, -0.2) is 0 Å². The summed E-state index contributed by atoms with van der Waals surface area (Å²) in [6, 6.07) is 14.6. The lowest BCUT2D eigenvalue weighted by atomic mass is 9.89. The second-order valence-corrected chi connectivity index (χ2v) is 6.78. The maximum atomic E-state index is 12.6. The zero-order chi connectivity index (χ0) is 15.7. The maximum absolute atomic E-state index is 12.6. The van der Waals surface area contributed by atoms with Crippen molar-refractivity contribution >= 4 is 16.7 Å². The molecule has 0 saturated carbocycles. The predicted octanol–water partition coefficient (Wildman–Crippen LogP) is 3.29. The van der Waals surface area contributed by atoms with Gasteiger partial charge in [-0.15, -0.1) is 0 Å². The Morgan fingerprint density at radius 1 is 1.18 bits per heavy atom. The molecule has 0 aliphatic carbocycles. The SMILES string of the molecule is CN1CCC[C@H]1C(=O)NC(C)(C)c1cccc2ccccc12. The zero-order valence-corrected chi connectivity index (χ0v) is 13.6. The Kier molecular flexibility index (Phi) is 3.92. The Balaban J connectivity index is 1.90. The van der Waals surface area contributed by atoms with E-state index in [1.54, 1.807) is 0 Å². The highest BCUT2D eigenvalue weighted by molar-refractivity contribution is 5.88. The molecule has 1 aliphatic rings. The number of nitrogens with one attached hydrogen (secondary N) is 1. The number of fused-ring (bicyclic) bond motifs is 1. The van der Waals surface area contributed by atoms with E-state index in [0.717, 1.165) is 19.4 Å². The number of likely N-dealkylation sites (N-methyl/N-ethyl adjacent to an activating group) is 1. The average molecular weight is 296 g/mol. The van der Waals surface area contributed by atoms with E-state index in [4.69, 9.17) is 0 Å². The van der Waals surface area contributed by atoms with Gasteiger partial charge in [0.05, 0.1) is 11.6 Å². The van der Waals surface area contributed by atoms with Crippen LogP contribution in [-0.4, -0.2) is 30.4 Å². The van der Waals surface area contributed by atoms with Crippen LogP contribution in [0.5, 0.6) is 0 Å². The minimum absolute atomic E-state index is 0.00857. The summed E-state index contributed by atoms with van der Waals surface area (Å²) < 4.78 is 0. The van der Waals surface area contributed by atoms with Gasteiger partial charge in [-0.2, -0.15) is 0 Å². The smallest absolute Gasteiger partial charge is 0.238 e. The van der Waals surface area contributed by atoms with Crippen molar-refractivity contribution in [3.63, 3.8) is 0 Å². The molecule has 1 amide bonds. The number of nitrogens with zero attached hydrogens (tertiary/aromatic N) is 1. The summed E-state index contributed by atoms with van der Waals surface area (Å²) in [7, 11) is 2.03. The number of hydrogen-bond donors (Lipinski definition) is 1. The van der Waals surface area contributed by atoms with Crippen molar-refractivity contribution in [2.75, 3.05) is 13.6 Å². The number of carbonyl (C=O) groups excluding carboxylic acids is 1. The highest BCUT2D eigenvalue weighted by Crippen LogP contribution is 2.29. The summed E-state index contributed by atoms with van der Waals surface area (Å²) in [5, 5.41) is 5.67. The highest BCUT2D eigenvalue weighted by atomic mass is 16.2. The lowest BCUT2D eigenvalue weighted by Crippen LogP contribution is -2.49. The Hall–Kier alpha value is -1.87. The molecule has 1 atom stereocenters. The fourth-order valence-electron chi connectivity index (χ4n) is 3.47. The minimum atomic E-state index is -0.388. The van der Waals surface area contributed by atoms with Crippen LogP contribution in [0.15, 0.2) is 42.5 Å². The highest BCUT2D eigenvalue weighted by Gasteiger charge is 2.32. The summed E-state index contributed by atoms with van der Waals surface area (Å²) in [6.45, 7) is 5.18. The van der Waals surface area contributed by atoms with Gasteiger partial charge in [-0.3, -0.25) is 9.69 Å². The number of amides is 1. The zero-order valence-electron chi connectivity index (χ0n) is 13.6. The first kappa shape index (κ1) is 15.0. The van der Waals surface area contributed by atoms with Crippen LogP contribution in [0.25, 0.3) is 10.8 Å². The van der Waals surface area contributed by atoms with Gasteiger partial charge in [0.1, 0.15) is 0 Å². The molecule has 0 spiro atoms. The van der Waals surface area contributed by atoms with E-state index in [1.807, 2.05) is 13.1 Å². The molecular weight excluding hydrogens is 272 g/mol. The van der Waals surface area contributed by atoms with Crippen LogP contribution >= 0.6 is 0 Å². The first-order valence-corrected chi connectivity index (χ1v) is 7.99. The van der Waals surface area contributed by atoms with Gasteiger partial charge in [0.2, 0.25) is 5.91 Å². The van der Waals surface area contributed by atoms with Crippen LogP contribution in [0, 0.1) is 0 Å². The van der Waals surface area contributed by atoms with Crippen LogP contribution < -0.4 is 5.32 Å². The van der Waals surface area contributed by atoms with E-state index in [-0.39, 0.29) is 17.5 Å². The molecule has 0 aromatic heterocycles. The monoisotopic (exact) mass is 296 g/mol. The van der Waals surface area contributed by atoms with Crippen molar-refractivity contribution in [1.82, 2.24) is 10.2 Å². The van der Waals surface area contributed by atoms with Crippen molar-refractivity contribution in [3.05, 3.63) is 48.0 Å². The Labute approximate surface area is 132 Å². The summed E-state index contributed by atoms with van der Waals surface area (Å²) in [4.78, 5) is 14.8. The van der Waals surface area contributed by atoms with Crippen molar-refractivity contribution in [2.24, 2.45) is 0 Å². The van der Waals surface area contributed by atoms with Gasteiger partial charge in [-0.1, -0.05) is 42.5 Å². The summed E-state index contributed by atoms with van der Waals surface area (Å²) >= 11 is 0. The average Bonchev–Trinajstić information content (AvgIpc) is 2.92. The van der Waals surface area contributed by atoms with E-state index in [1.165, 1.54) is 16.3 Å². The Morgan fingerprint density at radius 2 is 1.91 bits per heavy atom. The van der Waals surface area contributed by atoms with E-state index in [2.05, 4.69) is 60.5 Å². The van der Waals surface area contributed by atoms with Crippen LogP contribution in [0.2, 0.25) is 0 Å². The van der Waals surface area contributed by atoms with Gasteiger partial charge in [0, 0.05) is 0 Å². The molecule has 1 heterocycles. The van der Waals surface area contributed by atoms with Crippen molar-refractivity contribution in [1.29, 1.82) is 0 Å². The van der Waals surface area contributed by atoms with Gasteiger partial charge >= 0.3 is 0 Å². The third kappa shape index (κ3) is 2.73. The van der Waals surface area contributed by atoms with Gasteiger partial charge in [-0.05, 0) is 56.6 Å². The predicted molar refractivity (Wildman–Crippen MR) is 90.8 cm³/mol. The first-order valence-electron chi connectivity index (χ1n) is 7.99. The van der Waals surface area contributed by atoms with Gasteiger partial charge < -0.3 is 5.32 Å². The number of hydrogen-bond acceptors (Lipinski definition) is 2. The third-order valence-electron chi connectivity index (χ3n) is 4.72. The fraction of sp³-hybridized carbons (Fsp3) is 0.421. The molecule has 1 saturated heterocycles. The fourth-order valence-corrected chi connectivity index (χ4v) is 3.47. The molecule has 0 unspecified atom stereocenters. The summed E-state index contributed by atoms with van der Waals surface area (Å²) in [5.74, 6) is 0.137. The molecule has 0 radical (unpaired) electrons. The standard InChI is InChI=1S/C19H24N2O/c1-19(2,20-18(22)17-12-7-13-21(17)3)16-11-6-9-14-8-4-5-10-15(14)16/h4-6,8-11,17H,7,12-13H2,1-3H3,(H,20,22)/t17-/m0/s1. The summed E-state index contributed by atoms with van der Waals surface area (Å²) in [5.41, 5.74) is 0.779. The van der Waals surface area contributed by atoms with Crippen LogP contribution in [0.3, 0.4) is 0 Å². The van der Waals surface area contributed by atoms with Crippen molar-refractivity contribution < 1.29 is 4.79 Å². The molecule has 2 aromatic rings. The van der Waals surface area contributed by atoms with E-state index in [0.29, 0.717) is 0 Å². The largest absolute Gasteiger partial charge is 0.346 e. The molecule has 3 rings (SSSR count). The molecular formula is C19H24N2O. The quantitative estimate of drug-likeness (QED) is 0.942. The Morgan fingerprint density at radius 3 is 2.64 bits per heavy atom. The molecule has 116 valence electrons. The first-order chi connectivity index (χ1) is 10.5. The van der Waals surface area contributed by atoms with E-state index in [9.17, 15) is 4.79 Å². The lowest BCUT2D eigenvalue weighted by Gasteiger charge is -2.31. The maximum Gasteiger partial charge on any atom is 0.238 e. The number of benzene rings is 2. The molecule has 3 nitrogen and oxygen atoms in total. The number of likely N-dealkylation sites (tertiary alicyclic amines) is 1. The van der Waals surface area contributed by atoms with Gasteiger partial charge in [0.15, 0.2) is 0 Å². The van der Waals surface area contributed by atoms with Gasteiger partial charge in [0.25, 0.3) is 0 Å². The van der Waals surface area contributed by atoms with E-state index < -0.39 is 0 Å². The molecule has 1 N–H and O–H groups in total. The number of rotatable bonds is 3. The minimum Gasteiger partial charge on any atom is -0.346 e. The molecule has 1 fully saturated rings. The molecule has 22 heavy (non-hydrogen) atoms. The van der Waals surface area contributed by atoms with E-state index >= 15 is 0 Å². The third-order valence-corrected chi connectivity index (χ3v) is 4.72. The molecule has 0 bridgehead atoms. The molecule has 2 aromatic carbocycles. The molecule has 3 heteroatoms. The molecule has 1 aliphatic heterocycles. The van der Waals surface area contributed by atoms with Crippen LogP contribution in [0.4, 0.5) is 0 Å². The van der Waals surface area contributed by atoms with Crippen molar-refractivity contribution in [2.45, 2.75) is 38.3 Å². The number of carbonyl (C=O) groups is 1. The normalized spacial score (nSPS) is 19.5. The van der Waals surface area contributed by atoms with Crippen LogP contribution in [0.1, 0.15) is 32.3 Å². The van der Waals surface area contributed by atoms with Crippen molar-refractivity contribution in [3.8, 4) is 0 Å². The second kappa shape index (κ2) is 5.73. The second-order valence-electron chi connectivity index (χ2n) is 6.78. The van der Waals surface area contributed by atoms with Crippen LogP contribution in [-0.2, 0) is 10.3 Å². The Bertz CT molecular complexity index is 687. The lowest BCUT2D eigenvalue weighted by molar-refractivity contribution is -0.126. The topological polar surface area (TPSA) is 32.3 Å².